The van der Waals surface area contributed by atoms with E-state index < -0.39 is 11.7 Å². The lowest BCUT2D eigenvalue weighted by atomic mass is 9.68. The largest absolute Gasteiger partial charge is 0.416 e. The lowest BCUT2D eigenvalue weighted by Gasteiger charge is -2.54. The Bertz CT molecular complexity index is 511. The van der Waals surface area contributed by atoms with E-state index in [1.54, 1.807) is 6.07 Å². The number of anilines is 1. The molecule has 116 valence electrons. The van der Waals surface area contributed by atoms with Crippen molar-refractivity contribution in [2.75, 3.05) is 18.0 Å². The number of alkyl halides is 3. The van der Waals surface area contributed by atoms with Crippen LogP contribution >= 0.6 is 0 Å². The molecule has 1 saturated heterocycles. The highest BCUT2D eigenvalue weighted by molar-refractivity contribution is 5.58. The Kier molecular flexibility index (Phi) is 3.64. The number of benzene rings is 1. The Hall–Kier alpha value is -1.23. The number of nitrogens with two attached hydrogens (primary N) is 1. The van der Waals surface area contributed by atoms with Crippen LogP contribution in [0.4, 0.5) is 18.9 Å². The van der Waals surface area contributed by atoms with E-state index in [0.717, 1.165) is 18.8 Å². The zero-order valence-electron chi connectivity index (χ0n) is 12.0. The number of halogens is 3. The second kappa shape index (κ2) is 5.20. The van der Waals surface area contributed by atoms with Crippen molar-refractivity contribution < 1.29 is 13.2 Å². The summed E-state index contributed by atoms with van der Waals surface area (Å²) >= 11 is 0. The summed E-state index contributed by atoms with van der Waals surface area (Å²) in [6.45, 7) is 2.07. The van der Waals surface area contributed by atoms with Crippen LogP contribution in [0.25, 0.3) is 0 Å². The molecule has 2 N–H and O–H groups in total. The van der Waals surface area contributed by atoms with Crippen LogP contribution in [0.5, 0.6) is 0 Å². The summed E-state index contributed by atoms with van der Waals surface area (Å²) in [5, 5.41) is 0. The first-order valence-corrected chi connectivity index (χ1v) is 7.59. The van der Waals surface area contributed by atoms with E-state index in [9.17, 15) is 13.2 Å². The van der Waals surface area contributed by atoms with Gasteiger partial charge in [0.2, 0.25) is 0 Å². The van der Waals surface area contributed by atoms with Gasteiger partial charge in [-0.1, -0.05) is 19.3 Å². The highest BCUT2D eigenvalue weighted by atomic mass is 19.4. The molecule has 1 spiro atoms. The maximum atomic E-state index is 12.8. The molecule has 21 heavy (non-hydrogen) atoms. The van der Waals surface area contributed by atoms with Crippen LogP contribution in [-0.2, 0) is 12.7 Å². The molecule has 0 atom stereocenters. The third-order valence-corrected chi connectivity index (χ3v) is 4.93. The summed E-state index contributed by atoms with van der Waals surface area (Å²) in [4.78, 5) is 2.19. The Morgan fingerprint density at radius 3 is 2.33 bits per heavy atom. The van der Waals surface area contributed by atoms with Gasteiger partial charge in [0.05, 0.1) is 5.56 Å². The van der Waals surface area contributed by atoms with Crippen LogP contribution in [-0.4, -0.2) is 13.1 Å². The van der Waals surface area contributed by atoms with Gasteiger partial charge in [0.15, 0.2) is 0 Å². The molecule has 1 aromatic carbocycles. The first-order valence-electron chi connectivity index (χ1n) is 7.59. The second-order valence-electron chi connectivity index (χ2n) is 6.46. The second-order valence-corrected chi connectivity index (χ2v) is 6.46. The topological polar surface area (TPSA) is 29.3 Å². The molecule has 1 aromatic rings. The summed E-state index contributed by atoms with van der Waals surface area (Å²) < 4.78 is 38.3. The SMILES string of the molecule is NCc1cc(C(F)(F)F)ccc1N1CC2(CCCCC2)C1. The van der Waals surface area contributed by atoms with E-state index in [2.05, 4.69) is 4.90 Å². The smallest absolute Gasteiger partial charge is 0.370 e. The summed E-state index contributed by atoms with van der Waals surface area (Å²) in [6.07, 6.45) is 2.08. The fraction of sp³-hybridized carbons (Fsp3) is 0.625. The highest BCUT2D eigenvalue weighted by Crippen LogP contribution is 2.46. The predicted octanol–water partition coefficient (Wildman–Crippen LogP) is 3.93. The van der Waals surface area contributed by atoms with E-state index in [0.29, 0.717) is 11.0 Å². The van der Waals surface area contributed by atoms with E-state index in [1.807, 2.05) is 0 Å². The van der Waals surface area contributed by atoms with Crippen LogP contribution in [0.1, 0.15) is 43.2 Å². The summed E-state index contributed by atoms with van der Waals surface area (Å²) in [7, 11) is 0. The normalized spacial score (nSPS) is 21.4. The average Bonchev–Trinajstić information content (AvgIpc) is 2.44. The Labute approximate surface area is 123 Å². The van der Waals surface area contributed by atoms with Gasteiger partial charge in [0, 0.05) is 30.7 Å². The van der Waals surface area contributed by atoms with Gasteiger partial charge >= 0.3 is 6.18 Å². The van der Waals surface area contributed by atoms with E-state index >= 15 is 0 Å². The van der Waals surface area contributed by atoms with Gasteiger partial charge in [-0.25, -0.2) is 0 Å². The molecule has 1 aliphatic carbocycles. The molecule has 1 heterocycles. The zero-order valence-corrected chi connectivity index (χ0v) is 12.0. The van der Waals surface area contributed by atoms with Crippen LogP contribution in [0.15, 0.2) is 18.2 Å². The molecule has 0 unspecified atom stereocenters. The third-order valence-electron chi connectivity index (χ3n) is 4.93. The third kappa shape index (κ3) is 2.76. The van der Waals surface area contributed by atoms with Crippen LogP contribution in [0.3, 0.4) is 0 Å². The zero-order chi connectivity index (χ0) is 15.1. The molecule has 0 aromatic heterocycles. The molecule has 3 rings (SSSR count). The molecule has 2 aliphatic rings. The van der Waals surface area contributed by atoms with Gasteiger partial charge in [0.1, 0.15) is 0 Å². The maximum Gasteiger partial charge on any atom is 0.416 e. The van der Waals surface area contributed by atoms with Crippen LogP contribution in [0.2, 0.25) is 0 Å². The minimum Gasteiger partial charge on any atom is -0.370 e. The maximum absolute atomic E-state index is 12.8. The van der Waals surface area contributed by atoms with E-state index in [4.69, 9.17) is 5.73 Å². The molecule has 0 amide bonds. The molecule has 2 fully saturated rings. The molecule has 0 radical (unpaired) electrons. The van der Waals surface area contributed by atoms with Gasteiger partial charge < -0.3 is 10.6 Å². The first kappa shape index (κ1) is 14.7. The molecule has 0 bridgehead atoms. The number of hydrogen-bond donors (Lipinski definition) is 1. The van der Waals surface area contributed by atoms with Crippen molar-refractivity contribution in [2.45, 2.75) is 44.8 Å². The lowest BCUT2D eigenvalue weighted by Crippen LogP contribution is -2.57. The Morgan fingerprint density at radius 1 is 1.10 bits per heavy atom. The quantitative estimate of drug-likeness (QED) is 0.896. The highest BCUT2D eigenvalue weighted by Gasteiger charge is 2.44. The van der Waals surface area contributed by atoms with Crippen LogP contribution in [0, 0.1) is 5.41 Å². The Morgan fingerprint density at radius 2 is 1.76 bits per heavy atom. The number of nitrogens with zero attached hydrogens (tertiary/aromatic N) is 1. The van der Waals surface area contributed by atoms with Crippen molar-refractivity contribution in [3.63, 3.8) is 0 Å². The van der Waals surface area contributed by atoms with Crippen molar-refractivity contribution >= 4 is 5.69 Å². The van der Waals surface area contributed by atoms with E-state index in [-0.39, 0.29) is 6.54 Å². The summed E-state index contributed by atoms with van der Waals surface area (Å²) in [5.41, 5.74) is 6.92. The standard InChI is InChI=1S/C16H21F3N2/c17-16(18,19)13-4-5-14(12(8-13)9-20)21-10-15(11-21)6-2-1-3-7-15/h4-5,8H,1-3,6-7,9-11,20H2. The van der Waals surface area contributed by atoms with Crippen LogP contribution < -0.4 is 10.6 Å². The summed E-state index contributed by atoms with van der Waals surface area (Å²) in [5.74, 6) is 0. The molecule has 1 saturated carbocycles. The van der Waals surface area contributed by atoms with Crippen molar-refractivity contribution in [1.29, 1.82) is 0 Å². The van der Waals surface area contributed by atoms with E-state index in [1.165, 1.54) is 44.2 Å². The minimum absolute atomic E-state index is 0.142. The fourth-order valence-corrected chi connectivity index (χ4v) is 3.79. The monoisotopic (exact) mass is 298 g/mol. The summed E-state index contributed by atoms with van der Waals surface area (Å²) in [6, 6.07) is 3.95. The van der Waals surface area contributed by atoms with Crippen molar-refractivity contribution in [3.8, 4) is 0 Å². The molecule has 2 nitrogen and oxygen atoms in total. The number of rotatable bonds is 2. The fourth-order valence-electron chi connectivity index (χ4n) is 3.79. The van der Waals surface area contributed by atoms with Crippen molar-refractivity contribution in [2.24, 2.45) is 11.1 Å². The van der Waals surface area contributed by atoms with Gasteiger partial charge in [0.25, 0.3) is 0 Å². The first-order chi connectivity index (χ1) is 9.93. The number of hydrogen-bond acceptors (Lipinski definition) is 2. The van der Waals surface area contributed by atoms with Gasteiger partial charge in [-0.3, -0.25) is 0 Å². The van der Waals surface area contributed by atoms with Crippen molar-refractivity contribution in [3.05, 3.63) is 29.3 Å². The lowest BCUT2D eigenvalue weighted by molar-refractivity contribution is -0.137. The van der Waals surface area contributed by atoms with Crippen molar-refractivity contribution in [1.82, 2.24) is 0 Å². The molecular formula is C16H21F3N2. The molecule has 1 aliphatic heterocycles. The molecule has 5 heteroatoms. The molecular weight excluding hydrogens is 277 g/mol. The van der Waals surface area contributed by atoms with Gasteiger partial charge in [-0.15, -0.1) is 0 Å². The van der Waals surface area contributed by atoms with Gasteiger partial charge in [-0.2, -0.15) is 13.2 Å². The van der Waals surface area contributed by atoms with Gasteiger partial charge in [-0.05, 0) is 36.6 Å². The minimum atomic E-state index is -4.30. The average molecular weight is 298 g/mol. The Balaban J connectivity index is 1.77. The predicted molar refractivity (Wildman–Crippen MR) is 77.1 cm³/mol.